The summed E-state index contributed by atoms with van der Waals surface area (Å²) in [5, 5.41) is 2.73. The molecule has 180 valence electrons. The van der Waals surface area contributed by atoms with Gasteiger partial charge in [0, 0.05) is 26.8 Å². The number of benzene rings is 1. The molecule has 0 bridgehead atoms. The van der Waals surface area contributed by atoms with Crippen LogP contribution in [0.1, 0.15) is 39.2 Å². The molecule has 2 rings (SSSR count). The van der Waals surface area contributed by atoms with Crippen LogP contribution in [0, 0.1) is 0 Å². The van der Waals surface area contributed by atoms with Crippen LogP contribution >= 0.6 is 0 Å². The highest BCUT2D eigenvalue weighted by Crippen LogP contribution is 2.31. The Morgan fingerprint density at radius 3 is 2.18 bits per heavy atom. The molecule has 0 aromatic heterocycles. The van der Waals surface area contributed by atoms with Gasteiger partial charge in [0.25, 0.3) is 0 Å². The zero-order chi connectivity index (χ0) is 24.4. The van der Waals surface area contributed by atoms with E-state index in [1.165, 1.54) is 20.8 Å². The molecule has 1 aromatic rings. The Morgan fingerprint density at radius 1 is 1.00 bits per heavy atom. The molecule has 1 N–H and O–H groups in total. The second-order valence-corrected chi connectivity index (χ2v) is 7.46. The van der Waals surface area contributed by atoms with Gasteiger partial charge in [-0.2, -0.15) is 0 Å². The molecule has 1 unspecified atom stereocenters. The van der Waals surface area contributed by atoms with Crippen LogP contribution in [0.25, 0.3) is 0 Å². The quantitative estimate of drug-likeness (QED) is 0.316. The Morgan fingerprint density at radius 2 is 1.61 bits per heavy atom. The number of amides is 1. The number of carbonyl (C=O) groups is 4. The minimum Gasteiger partial charge on any atom is -0.456 e. The number of hydrogen-bond donors (Lipinski definition) is 1. The lowest BCUT2D eigenvalue weighted by molar-refractivity contribution is -0.195. The van der Waals surface area contributed by atoms with Crippen LogP contribution in [0.2, 0.25) is 0 Å². The first-order chi connectivity index (χ1) is 15.7. The van der Waals surface area contributed by atoms with Gasteiger partial charge in [0.2, 0.25) is 12.4 Å². The average molecular weight is 463 g/mol. The normalized spacial score (nSPS) is 22.5. The summed E-state index contributed by atoms with van der Waals surface area (Å²) in [6.07, 6.45) is -2.88. The molecule has 0 spiro atoms. The standard InChI is InChI=1S/C23H29NO9/c1-5-9-18(24-23(28)29-13-17-10-7-6-8-11-17)12-19-20(30-14(2)25)21(31-15(3)26)22(33-19)32-16(4)27/h5-8,10-11,18-22H,1,9,12-13H2,2-4H3,(H,24,28)/t18-,19+,20+,21+,22?/m0/s1. The van der Waals surface area contributed by atoms with Gasteiger partial charge in [-0.25, -0.2) is 4.79 Å². The molecule has 0 radical (unpaired) electrons. The number of ether oxygens (including phenoxy) is 5. The second-order valence-electron chi connectivity index (χ2n) is 7.46. The van der Waals surface area contributed by atoms with Gasteiger partial charge >= 0.3 is 24.0 Å². The van der Waals surface area contributed by atoms with E-state index >= 15 is 0 Å². The smallest absolute Gasteiger partial charge is 0.407 e. The summed E-state index contributed by atoms with van der Waals surface area (Å²) in [7, 11) is 0. The largest absolute Gasteiger partial charge is 0.456 e. The van der Waals surface area contributed by atoms with Crippen LogP contribution in [0.4, 0.5) is 4.79 Å². The third-order valence-electron chi connectivity index (χ3n) is 4.66. The van der Waals surface area contributed by atoms with Crippen LogP contribution in [-0.4, -0.2) is 54.6 Å². The van der Waals surface area contributed by atoms with Gasteiger partial charge < -0.3 is 29.0 Å². The maximum Gasteiger partial charge on any atom is 0.407 e. The summed E-state index contributed by atoms with van der Waals surface area (Å²) in [4.78, 5) is 47.1. The van der Waals surface area contributed by atoms with E-state index in [-0.39, 0.29) is 13.0 Å². The SMILES string of the molecule is C=CC[C@@H](C[C@H]1OC(OC(C)=O)[C@H](OC(C)=O)[C@@H]1OC(C)=O)NC(=O)OCc1ccccc1. The van der Waals surface area contributed by atoms with Crippen molar-refractivity contribution in [1.29, 1.82) is 0 Å². The van der Waals surface area contributed by atoms with Crippen molar-refractivity contribution in [2.45, 2.75) is 70.9 Å². The predicted octanol–water partition coefficient (Wildman–Crippen LogP) is 2.40. The maximum atomic E-state index is 12.3. The lowest BCUT2D eigenvalue weighted by Gasteiger charge is -2.25. The lowest BCUT2D eigenvalue weighted by atomic mass is 10.0. The first kappa shape index (κ1) is 25.9. The number of hydrogen-bond acceptors (Lipinski definition) is 9. The van der Waals surface area contributed by atoms with Crippen molar-refractivity contribution in [3.8, 4) is 0 Å². The van der Waals surface area contributed by atoms with E-state index < -0.39 is 54.6 Å². The highest BCUT2D eigenvalue weighted by Gasteiger charge is 2.51. The highest BCUT2D eigenvalue weighted by atomic mass is 16.7. The molecular weight excluding hydrogens is 434 g/mol. The van der Waals surface area contributed by atoms with Crippen LogP contribution in [0.5, 0.6) is 0 Å². The molecule has 33 heavy (non-hydrogen) atoms. The van der Waals surface area contributed by atoms with Crippen LogP contribution in [0.15, 0.2) is 43.0 Å². The van der Waals surface area contributed by atoms with E-state index in [0.717, 1.165) is 5.56 Å². The fourth-order valence-corrected chi connectivity index (χ4v) is 3.42. The molecule has 1 aliphatic heterocycles. The second kappa shape index (κ2) is 12.6. The fraction of sp³-hybridized carbons (Fsp3) is 0.478. The van der Waals surface area contributed by atoms with Gasteiger partial charge in [-0.1, -0.05) is 36.4 Å². The number of rotatable bonds is 10. The van der Waals surface area contributed by atoms with Crippen LogP contribution in [-0.2, 0) is 44.7 Å². The van der Waals surface area contributed by atoms with E-state index in [2.05, 4.69) is 11.9 Å². The zero-order valence-corrected chi connectivity index (χ0v) is 18.9. The number of alkyl carbamates (subject to hydrolysis) is 1. The number of nitrogens with one attached hydrogen (secondary N) is 1. The Bertz CT molecular complexity index is 842. The molecule has 0 aliphatic carbocycles. The fourth-order valence-electron chi connectivity index (χ4n) is 3.42. The predicted molar refractivity (Wildman–Crippen MR) is 115 cm³/mol. The Labute approximate surface area is 192 Å². The molecule has 1 heterocycles. The third kappa shape index (κ3) is 8.57. The van der Waals surface area contributed by atoms with Crippen molar-refractivity contribution in [2.75, 3.05) is 0 Å². The maximum absolute atomic E-state index is 12.3. The topological polar surface area (TPSA) is 126 Å². The summed E-state index contributed by atoms with van der Waals surface area (Å²) in [6, 6.07) is 8.68. The summed E-state index contributed by atoms with van der Waals surface area (Å²) in [6.45, 7) is 7.33. The molecular formula is C23H29NO9. The van der Waals surface area contributed by atoms with Gasteiger partial charge in [-0.3, -0.25) is 14.4 Å². The van der Waals surface area contributed by atoms with E-state index in [1.807, 2.05) is 30.3 Å². The minimum absolute atomic E-state index is 0.0898. The number of esters is 3. The first-order valence-corrected chi connectivity index (χ1v) is 10.4. The monoisotopic (exact) mass is 463 g/mol. The highest BCUT2D eigenvalue weighted by molar-refractivity contribution is 5.69. The minimum atomic E-state index is -1.27. The molecule has 5 atom stereocenters. The van der Waals surface area contributed by atoms with Crippen LogP contribution < -0.4 is 5.32 Å². The van der Waals surface area contributed by atoms with Crippen molar-refractivity contribution in [3.05, 3.63) is 48.6 Å². The lowest BCUT2D eigenvalue weighted by Crippen LogP contribution is -2.43. The van der Waals surface area contributed by atoms with Crippen molar-refractivity contribution >= 4 is 24.0 Å². The third-order valence-corrected chi connectivity index (χ3v) is 4.66. The summed E-state index contributed by atoms with van der Waals surface area (Å²) < 4.78 is 26.7. The van der Waals surface area contributed by atoms with E-state index in [9.17, 15) is 19.2 Å². The molecule has 1 aliphatic rings. The van der Waals surface area contributed by atoms with Gasteiger partial charge in [0.1, 0.15) is 12.7 Å². The number of carbonyl (C=O) groups excluding carboxylic acids is 4. The van der Waals surface area contributed by atoms with Crippen molar-refractivity contribution < 1.29 is 42.9 Å². The molecule has 0 saturated carbocycles. The Balaban J connectivity index is 2.10. The van der Waals surface area contributed by atoms with Gasteiger partial charge in [-0.15, -0.1) is 6.58 Å². The van der Waals surface area contributed by atoms with E-state index in [1.54, 1.807) is 6.08 Å². The summed E-state index contributed by atoms with van der Waals surface area (Å²) >= 11 is 0. The summed E-state index contributed by atoms with van der Waals surface area (Å²) in [5.74, 6) is -1.96. The molecule has 1 aromatic carbocycles. The molecule has 1 saturated heterocycles. The van der Waals surface area contributed by atoms with Gasteiger partial charge in [0.05, 0.1) is 0 Å². The zero-order valence-electron chi connectivity index (χ0n) is 18.9. The van der Waals surface area contributed by atoms with Crippen molar-refractivity contribution in [3.63, 3.8) is 0 Å². The van der Waals surface area contributed by atoms with Crippen molar-refractivity contribution in [2.24, 2.45) is 0 Å². The summed E-state index contributed by atoms with van der Waals surface area (Å²) in [5.41, 5.74) is 0.829. The Hall–Kier alpha value is -3.40. The van der Waals surface area contributed by atoms with E-state index in [4.69, 9.17) is 23.7 Å². The molecule has 1 amide bonds. The average Bonchev–Trinajstić information content (AvgIpc) is 3.01. The molecule has 10 nitrogen and oxygen atoms in total. The molecule has 1 fully saturated rings. The van der Waals surface area contributed by atoms with Crippen molar-refractivity contribution in [1.82, 2.24) is 5.32 Å². The van der Waals surface area contributed by atoms with Crippen LogP contribution in [0.3, 0.4) is 0 Å². The van der Waals surface area contributed by atoms with Gasteiger partial charge in [-0.05, 0) is 18.4 Å². The molecule has 10 heteroatoms. The Kier molecular flexibility index (Phi) is 9.86. The van der Waals surface area contributed by atoms with E-state index in [0.29, 0.717) is 6.42 Å². The first-order valence-electron chi connectivity index (χ1n) is 10.4. The van der Waals surface area contributed by atoms with Gasteiger partial charge in [0.15, 0.2) is 6.10 Å².